The highest BCUT2D eigenvalue weighted by atomic mass is 16.4. The fourth-order valence-corrected chi connectivity index (χ4v) is 2.48. The standard InChI is InChI=1S/C16H21NO3/c1-16(2,15(19)20)17(3)14(18)10-11-7-8-12-5-4-6-13(12)9-11/h7-9H,4-6,10H2,1-3H3,(H,19,20). The van der Waals surface area contributed by atoms with E-state index in [1.807, 2.05) is 6.07 Å². The molecule has 4 heteroatoms. The van der Waals surface area contributed by atoms with Gasteiger partial charge in [-0.05, 0) is 49.8 Å². The molecule has 0 heterocycles. The third-order valence-electron chi connectivity index (χ3n) is 4.25. The highest BCUT2D eigenvalue weighted by Gasteiger charge is 2.34. The Balaban J connectivity index is 2.10. The normalized spacial score (nSPS) is 13.9. The van der Waals surface area contributed by atoms with Crippen molar-refractivity contribution >= 4 is 11.9 Å². The molecule has 1 aromatic rings. The number of hydrogen-bond acceptors (Lipinski definition) is 2. The Morgan fingerprint density at radius 1 is 1.25 bits per heavy atom. The average Bonchev–Trinajstić information content (AvgIpc) is 2.84. The lowest BCUT2D eigenvalue weighted by atomic mass is 10.0. The van der Waals surface area contributed by atoms with Gasteiger partial charge >= 0.3 is 5.97 Å². The van der Waals surface area contributed by atoms with Crippen LogP contribution in [0.15, 0.2) is 18.2 Å². The number of rotatable bonds is 4. The van der Waals surface area contributed by atoms with Gasteiger partial charge in [-0.15, -0.1) is 0 Å². The van der Waals surface area contributed by atoms with E-state index in [-0.39, 0.29) is 12.3 Å². The first-order chi connectivity index (χ1) is 9.32. The van der Waals surface area contributed by atoms with Crippen LogP contribution in [0.1, 0.15) is 37.0 Å². The summed E-state index contributed by atoms with van der Waals surface area (Å²) in [4.78, 5) is 24.7. The molecule has 0 aromatic heterocycles. The Hall–Kier alpha value is -1.84. The van der Waals surface area contributed by atoms with Gasteiger partial charge in [0.2, 0.25) is 5.91 Å². The van der Waals surface area contributed by atoms with Crippen molar-refractivity contribution in [3.63, 3.8) is 0 Å². The molecule has 20 heavy (non-hydrogen) atoms. The lowest BCUT2D eigenvalue weighted by Crippen LogP contribution is -2.51. The predicted octanol–water partition coefficient (Wildman–Crippen LogP) is 2.04. The molecule has 1 aliphatic rings. The Labute approximate surface area is 119 Å². The fraction of sp³-hybridized carbons (Fsp3) is 0.500. The van der Waals surface area contributed by atoms with Crippen molar-refractivity contribution in [1.29, 1.82) is 0 Å². The van der Waals surface area contributed by atoms with Gasteiger partial charge in [0, 0.05) is 7.05 Å². The summed E-state index contributed by atoms with van der Waals surface area (Å²) in [7, 11) is 1.55. The number of aryl methyl sites for hydroxylation is 2. The minimum atomic E-state index is -1.19. The number of carbonyl (C=O) groups excluding carboxylic acids is 1. The van der Waals surface area contributed by atoms with Gasteiger partial charge in [0.1, 0.15) is 5.54 Å². The van der Waals surface area contributed by atoms with Crippen molar-refractivity contribution in [2.75, 3.05) is 7.05 Å². The van der Waals surface area contributed by atoms with Crippen LogP contribution < -0.4 is 0 Å². The van der Waals surface area contributed by atoms with Gasteiger partial charge < -0.3 is 10.0 Å². The number of likely N-dealkylation sites (N-methyl/N-ethyl adjacent to an activating group) is 1. The molecule has 1 N–H and O–H groups in total. The highest BCUT2D eigenvalue weighted by molar-refractivity contribution is 5.87. The van der Waals surface area contributed by atoms with Crippen LogP contribution in [0.4, 0.5) is 0 Å². The number of carboxylic acid groups (broad SMARTS) is 1. The molecule has 0 bridgehead atoms. The van der Waals surface area contributed by atoms with Crippen LogP contribution in [-0.2, 0) is 28.9 Å². The number of benzene rings is 1. The predicted molar refractivity (Wildman–Crippen MR) is 76.7 cm³/mol. The van der Waals surface area contributed by atoms with Crippen LogP contribution in [-0.4, -0.2) is 34.5 Å². The molecule has 0 unspecified atom stereocenters. The van der Waals surface area contributed by atoms with Gasteiger partial charge in [0.05, 0.1) is 6.42 Å². The minimum Gasteiger partial charge on any atom is -0.480 e. The van der Waals surface area contributed by atoms with Gasteiger partial charge in [-0.1, -0.05) is 18.2 Å². The zero-order chi connectivity index (χ0) is 14.9. The molecule has 0 saturated carbocycles. The van der Waals surface area contributed by atoms with Crippen molar-refractivity contribution in [2.24, 2.45) is 0 Å². The summed E-state index contributed by atoms with van der Waals surface area (Å²) in [6.07, 6.45) is 3.63. The Morgan fingerprint density at radius 2 is 1.90 bits per heavy atom. The number of amides is 1. The molecule has 0 spiro atoms. The molecule has 0 radical (unpaired) electrons. The van der Waals surface area contributed by atoms with E-state index in [4.69, 9.17) is 5.11 Å². The monoisotopic (exact) mass is 275 g/mol. The summed E-state index contributed by atoms with van der Waals surface area (Å²) in [6.45, 7) is 3.08. The van der Waals surface area contributed by atoms with Crippen LogP contribution >= 0.6 is 0 Å². The maximum absolute atomic E-state index is 12.2. The second kappa shape index (κ2) is 5.27. The quantitative estimate of drug-likeness (QED) is 0.914. The molecule has 0 fully saturated rings. The van der Waals surface area contributed by atoms with Crippen molar-refractivity contribution in [2.45, 2.75) is 45.1 Å². The van der Waals surface area contributed by atoms with E-state index in [1.165, 1.54) is 36.3 Å². The van der Waals surface area contributed by atoms with E-state index in [9.17, 15) is 9.59 Å². The summed E-state index contributed by atoms with van der Waals surface area (Å²) in [5.41, 5.74) is 2.48. The maximum Gasteiger partial charge on any atom is 0.329 e. The fourth-order valence-electron chi connectivity index (χ4n) is 2.48. The summed E-state index contributed by atoms with van der Waals surface area (Å²) in [5.74, 6) is -1.17. The Morgan fingerprint density at radius 3 is 2.55 bits per heavy atom. The lowest BCUT2D eigenvalue weighted by molar-refractivity contribution is -0.155. The van der Waals surface area contributed by atoms with Gasteiger partial charge in [-0.2, -0.15) is 0 Å². The second-order valence-corrected chi connectivity index (χ2v) is 5.95. The van der Waals surface area contributed by atoms with E-state index in [0.717, 1.165) is 18.4 Å². The van der Waals surface area contributed by atoms with Crippen molar-refractivity contribution < 1.29 is 14.7 Å². The highest BCUT2D eigenvalue weighted by Crippen LogP contribution is 2.23. The van der Waals surface area contributed by atoms with Crippen LogP contribution in [0.2, 0.25) is 0 Å². The van der Waals surface area contributed by atoms with Gasteiger partial charge in [-0.25, -0.2) is 4.79 Å². The number of carboxylic acids is 1. The third-order valence-corrected chi connectivity index (χ3v) is 4.25. The molecule has 0 aliphatic heterocycles. The average molecular weight is 275 g/mol. The summed E-state index contributed by atoms with van der Waals surface area (Å²) < 4.78 is 0. The summed E-state index contributed by atoms with van der Waals surface area (Å²) >= 11 is 0. The molecule has 4 nitrogen and oxygen atoms in total. The zero-order valence-electron chi connectivity index (χ0n) is 12.3. The SMILES string of the molecule is CN(C(=O)Cc1ccc2c(c1)CCC2)C(C)(C)C(=O)O. The number of fused-ring (bicyclic) bond motifs is 1. The first-order valence-electron chi connectivity index (χ1n) is 6.93. The smallest absolute Gasteiger partial charge is 0.329 e. The second-order valence-electron chi connectivity index (χ2n) is 5.95. The first kappa shape index (κ1) is 14.6. The molecule has 2 rings (SSSR count). The molecule has 1 aliphatic carbocycles. The number of hydrogen-bond donors (Lipinski definition) is 1. The van der Waals surface area contributed by atoms with Crippen LogP contribution in [0.25, 0.3) is 0 Å². The van der Waals surface area contributed by atoms with E-state index in [0.29, 0.717) is 0 Å². The number of nitrogens with zero attached hydrogens (tertiary/aromatic N) is 1. The van der Waals surface area contributed by atoms with Gasteiger partial charge in [0.15, 0.2) is 0 Å². The van der Waals surface area contributed by atoms with E-state index >= 15 is 0 Å². The largest absolute Gasteiger partial charge is 0.480 e. The third kappa shape index (κ3) is 2.69. The Bertz CT molecular complexity index is 549. The van der Waals surface area contributed by atoms with Crippen LogP contribution in [0.3, 0.4) is 0 Å². The lowest BCUT2D eigenvalue weighted by Gasteiger charge is -2.31. The van der Waals surface area contributed by atoms with E-state index < -0.39 is 11.5 Å². The summed E-state index contributed by atoms with van der Waals surface area (Å²) in [6, 6.07) is 6.15. The minimum absolute atomic E-state index is 0.171. The van der Waals surface area contributed by atoms with Gasteiger partial charge in [-0.3, -0.25) is 4.79 Å². The van der Waals surface area contributed by atoms with Crippen molar-refractivity contribution in [3.8, 4) is 0 Å². The molecule has 108 valence electrons. The van der Waals surface area contributed by atoms with Crippen molar-refractivity contribution in [3.05, 3.63) is 34.9 Å². The zero-order valence-corrected chi connectivity index (χ0v) is 12.3. The molecular formula is C16H21NO3. The maximum atomic E-state index is 12.2. The molecule has 0 saturated heterocycles. The van der Waals surface area contributed by atoms with Gasteiger partial charge in [0.25, 0.3) is 0 Å². The van der Waals surface area contributed by atoms with Crippen LogP contribution in [0.5, 0.6) is 0 Å². The number of carbonyl (C=O) groups is 2. The molecule has 1 aromatic carbocycles. The topological polar surface area (TPSA) is 57.6 Å². The molecule has 1 amide bonds. The first-order valence-corrected chi connectivity index (χ1v) is 6.93. The molecular weight excluding hydrogens is 254 g/mol. The van der Waals surface area contributed by atoms with E-state index in [1.54, 1.807) is 7.05 Å². The van der Waals surface area contributed by atoms with Crippen molar-refractivity contribution in [1.82, 2.24) is 4.90 Å². The summed E-state index contributed by atoms with van der Waals surface area (Å²) in [5, 5.41) is 9.16. The molecule has 0 atom stereocenters. The Kier molecular flexibility index (Phi) is 3.84. The van der Waals surface area contributed by atoms with E-state index in [2.05, 4.69) is 12.1 Å². The van der Waals surface area contributed by atoms with Crippen LogP contribution in [0, 0.1) is 0 Å². The number of aliphatic carboxylic acids is 1.